The number of halogens is 1. The van der Waals surface area contributed by atoms with Crippen molar-refractivity contribution in [2.45, 2.75) is 12.8 Å². The fraction of sp³-hybridized carbons (Fsp3) is 0.235. The van der Waals surface area contributed by atoms with Gasteiger partial charge in [0.25, 0.3) is 0 Å². The third kappa shape index (κ3) is 2.20. The highest BCUT2D eigenvalue weighted by molar-refractivity contribution is 6.09. The first-order chi connectivity index (χ1) is 9.66. The minimum Gasteiger partial charge on any atom is -0.374 e. The van der Waals surface area contributed by atoms with Gasteiger partial charge in [-0.25, -0.2) is 4.39 Å². The quantitative estimate of drug-likeness (QED) is 0.778. The Labute approximate surface area is 117 Å². The van der Waals surface area contributed by atoms with Crippen LogP contribution >= 0.6 is 0 Å². The Bertz CT molecular complexity index is 666. The molecule has 1 heterocycles. The first kappa shape index (κ1) is 12.9. The molecule has 0 atom stereocenters. The Morgan fingerprint density at radius 2 is 2.00 bits per heavy atom. The molecule has 1 aliphatic rings. The second kappa shape index (κ2) is 5.08. The molecule has 2 aromatic rings. The van der Waals surface area contributed by atoms with E-state index in [1.165, 1.54) is 23.4 Å². The molecule has 3 rings (SSSR count). The summed E-state index contributed by atoms with van der Waals surface area (Å²) in [6, 6.07) is 11.8. The lowest BCUT2D eigenvalue weighted by Crippen LogP contribution is -2.24. The standard InChI is InChI=1S/C17H16FNO/c1-19-10-4-5-12-11-13(8-9-16(12)19)17(20)14-6-2-3-7-15(14)18/h2-3,6-9,11H,4-5,10H2,1H3. The fourth-order valence-corrected chi connectivity index (χ4v) is 2.73. The van der Waals surface area contributed by atoms with E-state index in [1.807, 2.05) is 12.1 Å². The van der Waals surface area contributed by atoms with Crippen molar-refractivity contribution in [1.82, 2.24) is 0 Å². The molecule has 0 radical (unpaired) electrons. The van der Waals surface area contributed by atoms with Crippen molar-refractivity contribution in [3.8, 4) is 0 Å². The molecule has 20 heavy (non-hydrogen) atoms. The van der Waals surface area contributed by atoms with Crippen LogP contribution in [0.15, 0.2) is 42.5 Å². The van der Waals surface area contributed by atoms with Crippen molar-refractivity contribution in [2.75, 3.05) is 18.5 Å². The maximum absolute atomic E-state index is 13.7. The molecule has 0 amide bonds. The number of fused-ring (bicyclic) bond motifs is 1. The molecule has 2 nitrogen and oxygen atoms in total. The predicted octanol–water partition coefficient (Wildman–Crippen LogP) is 3.44. The number of carbonyl (C=O) groups is 1. The number of nitrogens with zero attached hydrogens (tertiary/aromatic N) is 1. The summed E-state index contributed by atoms with van der Waals surface area (Å²) in [5, 5.41) is 0. The van der Waals surface area contributed by atoms with Crippen molar-refractivity contribution < 1.29 is 9.18 Å². The van der Waals surface area contributed by atoms with E-state index in [0.717, 1.165) is 19.4 Å². The van der Waals surface area contributed by atoms with E-state index < -0.39 is 5.82 Å². The Kier molecular flexibility index (Phi) is 3.26. The second-order valence-corrected chi connectivity index (χ2v) is 5.18. The number of hydrogen-bond donors (Lipinski definition) is 0. The summed E-state index contributed by atoms with van der Waals surface area (Å²) in [7, 11) is 2.05. The van der Waals surface area contributed by atoms with Gasteiger partial charge in [0.05, 0.1) is 5.56 Å². The van der Waals surface area contributed by atoms with Gasteiger partial charge < -0.3 is 4.90 Å². The molecular weight excluding hydrogens is 253 g/mol. The van der Waals surface area contributed by atoms with Gasteiger partial charge in [0.1, 0.15) is 5.82 Å². The van der Waals surface area contributed by atoms with Gasteiger partial charge in [-0.05, 0) is 48.7 Å². The van der Waals surface area contributed by atoms with Crippen LogP contribution in [0.2, 0.25) is 0 Å². The first-order valence-electron chi connectivity index (χ1n) is 6.80. The molecule has 0 fully saturated rings. The molecule has 0 aliphatic carbocycles. The number of anilines is 1. The number of ketones is 1. The highest BCUT2D eigenvalue weighted by atomic mass is 19.1. The Morgan fingerprint density at radius 3 is 2.80 bits per heavy atom. The van der Waals surface area contributed by atoms with Crippen LogP contribution in [0.5, 0.6) is 0 Å². The molecule has 1 aliphatic heterocycles. The zero-order valence-corrected chi connectivity index (χ0v) is 11.4. The largest absolute Gasteiger partial charge is 0.374 e. The minimum absolute atomic E-state index is 0.136. The van der Waals surface area contributed by atoms with Crippen LogP contribution in [-0.2, 0) is 6.42 Å². The van der Waals surface area contributed by atoms with Crippen molar-refractivity contribution in [1.29, 1.82) is 0 Å². The molecule has 0 saturated heterocycles. The van der Waals surface area contributed by atoms with Gasteiger partial charge in [-0.2, -0.15) is 0 Å². The third-order valence-corrected chi connectivity index (χ3v) is 3.81. The second-order valence-electron chi connectivity index (χ2n) is 5.18. The van der Waals surface area contributed by atoms with E-state index >= 15 is 0 Å². The summed E-state index contributed by atoms with van der Waals surface area (Å²) in [4.78, 5) is 14.6. The maximum atomic E-state index is 13.7. The van der Waals surface area contributed by atoms with Crippen LogP contribution in [0.4, 0.5) is 10.1 Å². The van der Waals surface area contributed by atoms with E-state index in [2.05, 4.69) is 11.9 Å². The first-order valence-corrected chi connectivity index (χ1v) is 6.80. The average Bonchev–Trinajstić information content (AvgIpc) is 2.47. The molecule has 2 aromatic carbocycles. The van der Waals surface area contributed by atoms with Crippen molar-refractivity contribution >= 4 is 11.5 Å². The molecular formula is C17H16FNO. The van der Waals surface area contributed by atoms with Crippen LogP contribution in [0, 0.1) is 5.82 Å². The molecule has 0 unspecified atom stereocenters. The Hall–Kier alpha value is -2.16. The van der Waals surface area contributed by atoms with Crippen molar-refractivity contribution in [3.05, 3.63) is 65.0 Å². The molecule has 0 N–H and O–H groups in total. The summed E-state index contributed by atoms with van der Waals surface area (Å²) in [6.07, 6.45) is 2.05. The number of benzene rings is 2. The lowest BCUT2D eigenvalue weighted by atomic mass is 9.96. The van der Waals surface area contributed by atoms with Gasteiger partial charge in [0.2, 0.25) is 0 Å². The molecule has 0 aromatic heterocycles. The minimum atomic E-state index is -0.465. The van der Waals surface area contributed by atoms with Crippen LogP contribution in [0.1, 0.15) is 27.9 Å². The number of hydrogen-bond acceptors (Lipinski definition) is 2. The van der Waals surface area contributed by atoms with Crippen LogP contribution in [-0.4, -0.2) is 19.4 Å². The Balaban J connectivity index is 1.99. The zero-order chi connectivity index (χ0) is 14.1. The smallest absolute Gasteiger partial charge is 0.195 e. The SMILES string of the molecule is CN1CCCc2cc(C(=O)c3ccccc3F)ccc21. The van der Waals surface area contributed by atoms with E-state index in [9.17, 15) is 9.18 Å². The summed E-state index contributed by atoms with van der Waals surface area (Å²) < 4.78 is 13.7. The zero-order valence-electron chi connectivity index (χ0n) is 11.4. The average molecular weight is 269 g/mol. The molecule has 102 valence electrons. The number of carbonyl (C=O) groups excluding carboxylic acids is 1. The molecule has 0 saturated carbocycles. The highest BCUT2D eigenvalue weighted by Gasteiger charge is 2.18. The Morgan fingerprint density at radius 1 is 1.20 bits per heavy atom. The summed E-state index contributed by atoms with van der Waals surface area (Å²) in [6.45, 7) is 1.04. The summed E-state index contributed by atoms with van der Waals surface area (Å²) in [5.41, 5.74) is 3.03. The van der Waals surface area contributed by atoms with Crippen molar-refractivity contribution in [2.24, 2.45) is 0 Å². The number of rotatable bonds is 2. The maximum Gasteiger partial charge on any atom is 0.195 e. The van der Waals surface area contributed by atoms with Gasteiger partial charge in [0.15, 0.2) is 5.78 Å². The third-order valence-electron chi connectivity index (χ3n) is 3.81. The van der Waals surface area contributed by atoms with Gasteiger partial charge in [-0.3, -0.25) is 4.79 Å². The van der Waals surface area contributed by atoms with E-state index in [-0.39, 0.29) is 11.3 Å². The highest BCUT2D eigenvalue weighted by Crippen LogP contribution is 2.27. The topological polar surface area (TPSA) is 20.3 Å². The van der Waals surface area contributed by atoms with E-state index in [4.69, 9.17) is 0 Å². The van der Waals surface area contributed by atoms with Gasteiger partial charge >= 0.3 is 0 Å². The van der Waals surface area contributed by atoms with Crippen LogP contribution < -0.4 is 4.90 Å². The van der Waals surface area contributed by atoms with Crippen LogP contribution in [0.3, 0.4) is 0 Å². The van der Waals surface area contributed by atoms with Crippen molar-refractivity contribution in [3.63, 3.8) is 0 Å². The van der Waals surface area contributed by atoms with Gasteiger partial charge in [-0.15, -0.1) is 0 Å². The number of aryl methyl sites for hydroxylation is 1. The van der Waals surface area contributed by atoms with Crippen LogP contribution in [0.25, 0.3) is 0 Å². The fourth-order valence-electron chi connectivity index (χ4n) is 2.73. The molecule has 0 spiro atoms. The summed E-state index contributed by atoms with van der Waals surface area (Å²) >= 11 is 0. The predicted molar refractivity (Wildman–Crippen MR) is 77.9 cm³/mol. The summed E-state index contributed by atoms with van der Waals surface area (Å²) in [5.74, 6) is -0.716. The lowest BCUT2D eigenvalue weighted by molar-refractivity contribution is 0.103. The monoisotopic (exact) mass is 269 g/mol. The normalized spacial score (nSPS) is 14.0. The van der Waals surface area contributed by atoms with Gasteiger partial charge in [0, 0.05) is 24.8 Å². The van der Waals surface area contributed by atoms with E-state index in [0.29, 0.717) is 5.56 Å². The van der Waals surface area contributed by atoms with Gasteiger partial charge in [-0.1, -0.05) is 12.1 Å². The lowest BCUT2D eigenvalue weighted by Gasteiger charge is -2.27. The van der Waals surface area contributed by atoms with E-state index in [1.54, 1.807) is 18.2 Å². The molecule has 3 heteroatoms. The molecule has 0 bridgehead atoms.